The molecule has 31 heavy (non-hydrogen) atoms. The molecule has 0 saturated carbocycles. The van der Waals surface area contributed by atoms with Gasteiger partial charge in [-0.15, -0.1) is 0 Å². The molecule has 0 bridgehead atoms. The Hall–Kier alpha value is -3.74. The number of nitriles is 1. The fourth-order valence-corrected chi connectivity index (χ4v) is 3.81. The average molecular weight is 427 g/mol. The zero-order valence-electron chi connectivity index (χ0n) is 17.5. The number of phenolic OH excluding ortho intramolecular Hbond substituents is 1. The summed E-state index contributed by atoms with van der Waals surface area (Å²) in [6.07, 6.45) is 6.04. The zero-order chi connectivity index (χ0) is 22.5. The topological polar surface area (TPSA) is 160 Å². The maximum absolute atomic E-state index is 11.5. The van der Waals surface area contributed by atoms with E-state index in [0.29, 0.717) is 29.1 Å². The molecule has 10 nitrogen and oxygen atoms in total. The van der Waals surface area contributed by atoms with Gasteiger partial charge in [0, 0.05) is 6.07 Å². The Bertz CT molecular complexity index is 1050. The Morgan fingerprint density at radius 1 is 1.39 bits per heavy atom. The lowest BCUT2D eigenvalue weighted by Crippen LogP contribution is -2.21. The maximum atomic E-state index is 11.5. The number of phenols is 1. The number of aryl methyl sites for hydroxylation is 1. The lowest BCUT2D eigenvalue weighted by atomic mass is 9.83. The monoisotopic (exact) mass is 427 g/mol. The van der Waals surface area contributed by atoms with E-state index < -0.39 is 22.3 Å². The molecule has 164 valence electrons. The van der Waals surface area contributed by atoms with E-state index in [4.69, 9.17) is 15.2 Å². The molecule has 10 heteroatoms. The van der Waals surface area contributed by atoms with Gasteiger partial charge in [0.15, 0.2) is 5.75 Å². The first-order valence-electron chi connectivity index (χ1n) is 10.1. The number of benzene rings is 1. The minimum absolute atomic E-state index is 0.0716. The van der Waals surface area contributed by atoms with Crippen molar-refractivity contribution in [3.05, 3.63) is 50.5 Å². The Morgan fingerprint density at radius 3 is 2.77 bits per heavy atom. The minimum atomic E-state index is -0.744. The quantitative estimate of drug-likeness (QED) is 0.310. The van der Waals surface area contributed by atoms with Crippen molar-refractivity contribution in [3.8, 4) is 23.4 Å². The van der Waals surface area contributed by atoms with Gasteiger partial charge in [0.2, 0.25) is 17.5 Å². The summed E-state index contributed by atoms with van der Waals surface area (Å²) in [6.45, 7) is 2.15. The normalized spacial score (nSPS) is 15.2. The number of rotatable bonds is 9. The van der Waals surface area contributed by atoms with Crippen LogP contribution in [0.3, 0.4) is 0 Å². The molecule has 0 radical (unpaired) electrons. The Morgan fingerprint density at radius 2 is 2.13 bits per heavy atom. The van der Waals surface area contributed by atoms with Crippen LogP contribution in [0.5, 0.6) is 17.4 Å². The number of H-pyrrole nitrogens is 1. The number of methoxy groups -OCH3 is 1. The van der Waals surface area contributed by atoms with Crippen LogP contribution in [0.15, 0.2) is 23.6 Å². The molecule has 2 aromatic rings. The highest BCUT2D eigenvalue weighted by molar-refractivity contribution is 5.63. The number of allylic oxidation sites excluding steroid dienone is 1. The summed E-state index contributed by atoms with van der Waals surface area (Å²) >= 11 is 0. The molecule has 1 aromatic carbocycles. The van der Waals surface area contributed by atoms with Crippen molar-refractivity contribution in [2.75, 3.05) is 7.11 Å². The molecule has 0 aliphatic carbocycles. The molecule has 1 aromatic heterocycles. The summed E-state index contributed by atoms with van der Waals surface area (Å²) in [4.78, 5) is 10.8. The fraction of sp³-hybridized carbons (Fsp3) is 0.429. The lowest BCUT2D eigenvalue weighted by Gasteiger charge is -2.24. The Balaban J connectivity index is 2.08. The summed E-state index contributed by atoms with van der Waals surface area (Å²) in [6, 6.07) is 4.75. The van der Waals surface area contributed by atoms with Crippen LogP contribution >= 0.6 is 0 Å². The van der Waals surface area contributed by atoms with Gasteiger partial charge in [0.05, 0.1) is 29.2 Å². The second kappa shape index (κ2) is 9.38. The first-order chi connectivity index (χ1) is 14.9. The van der Waals surface area contributed by atoms with E-state index in [1.54, 1.807) is 0 Å². The second-order valence-corrected chi connectivity index (χ2v) is 7.35. The summed E-state index contributed by atoms with van der Waals surface area (Å²) in [5.41, 5.74) is 7.26. The number of hydrogen-bond acceptors (Lipinski definition) is 8. The van der Waals surface area contributed by atoms with Crippen molar-refractivity contribution in [3.63, 3.8) is 0 Å². The molecule has 2 heterocycles. The van der Waals surface area contributed by atoms with Crippen molar-refractivity contribution in [2.24, 2.45) is 5.73 Å². The number of unbranched alkanes of at least 4 members (excludes halogenated alkanes) is 4. The van der Waals surface area contributed by atoms with Crippen LogP contribution in [-0.4, -0.2) is 27.3 Å². The SMILES string of the molecule is CCCCCCCc1n[nH]c2c1C(c1cc(OC)c(O)c([N+](=O)[O-])c1)C(C#N)=C(N)O2. The van der Waals surface area contributed by atoms with Crippen LogP contribution in [-0.2, 0) is 6.42 Å². The predicted octanol–water partition coefficient (Wildman–Crippen LogP) is 3.76. The highest BCUT2D eigenvalue weighted by atomic mass is 16.6. The van der Waals surface area contributed by atoms with Gasteiger partial charge in [0.1, 0.15) is 11.6 Å². The van der Waals surface area contributed by atoms with Crippen LogP contribution in [0.2, 0.25) is 0 Å². The van der Waals surface area contributed by atoms with E-state index in [1.165, 1.54) is 25.7 Å². The molecule has 0 saturated heterocycles. The van der Waals surface area contributed by atoms with Crippen molar-refractivity contribution < 1.29 is 19.5 Å². The highest BCUT2D eigenvalue weighted by Crippen LogP contribution is 2.47. The van der Waals surface area contributed by atoms with Crippen molar-refractivity contribution in [2.45, 2.75) is 51.4 Å². The molecule has 4 N–H and O–H groups in total. The van der Waals surface area contributed by atoms with Gasteiger partial charge in [-0.1, -0.05) is 32.6 Å². The molecular weight excluding hydrogens is 402 g/mol. The smallest absolute Gasteiger partial charge is 0.314 e. The number of nitrogens with one attached hydrogen (secondary N) is 1. The van der Waals surface area contributed by atoms with E-state index in [2.05, 4.69) is 23.2 Å². The van der Waals surface area contributed by atoms with Gasteiger partial charge in [-0.25, -0.2) is 5.10 Å². The number of aromatic hydroxyl groups is 1. The van der Waals surface area contributed by atoms with E-state index in [-0.39, 0.29) is 17.2 Å². The zero-order valence-corrected chi connectivity index (χ0v) is 17.5. The third-order valence-electron chi connectivity index (χ3n) is 5.37. The van der Waals surface area contributed by atoms with Crippen molar-refractivity contribution in [1.29, 1.82) is 5.26 Å². The van der Waals surface area contributed by atoms with Crippen LogP contribution in [0.25, 0.3) is 0 Å². The predicted molar refractivity (Wildman–Crippen MR) is 112 cm³/mol. The molecule has 3 rings (SSSR count). The molecule has 1 atom stereocenters. The Kier molecular flexibility index (Phi) is 6.65. The highest BCUT2D eigenvalue weighted by Gasteiger charge is 2.36. The number of aromatic amines is 1. The summed E-state index contributed by atoms with van der Waals surface area (Å²) in [5.74, 6) is -1.20. The molecule has 0 spiro atoms. The largest absolute Gasteiger partial charge is 0.500 e. The van der Waals surface area contributed by atoms with Gasteiger partial charge in [-0.2, -0.15) is 10.4 Å². The van der Waals surface area contributed by atoms with Gasteiger partial charge in [-0.05, 0) is 24.5 Å². The van der Waals surface area contributed by atoms with Gasteiger partial charge in [-0.3, -0.25) is 10.1 Å². The van der Waals surface area contributed by atoms with Gasteiger partial charge >= 0.3 is 5.69 Å². The van der Waals surface area contributed by atoms with E-state index in [1.807, 2.05) is 0 Å². The third kappa shape index (κ3) is 4.26. The second-order valence-electron chi connectivity index (χ2n) is 7.35. The van der Waals surface area contributed by atoms with Gasteiger partial charge in [0.25, 0.3) is 0 Å². The molecule has 1 aliphatic heterocycles. The number of hydrogen-bond donors (Lipinski definition) is 3. The van der Waals surface area contributed by atoms with Crippen molar-refractivity contribution in [1.82, 2.24) is 10.2 Å². The molecule has 1 aliphatic rings. The molecule has 0 amide bonds. The average Bonchev–Trinajstić information content (AvgIpc) is 3.14. The lowest BCUT2D eigenvalue weighted by molar-refractivity contribution is -0.386. The first kappa shape index (κ1) is 22.0. The number of nitro groups is 1. The molecular formula is C21H25N5O5. The van der Waals surface area contributed by atoms with E-state index in [0.717, 1.165) is 25.7 Å². The van der Waals surface area contributed by atoms with Gasteiger partial charge < -0.3 is 20.3 Å². The number of nitrogens with zero attached hydrogens (tertiary/aromatic N) is 3. The molecule has 1 unspecified atom stereocenters. The minimum Gasteiger partial charge on any atom is -0.500 e. The van der Waals surface area contributed by atoms with Crippen molar-refractivity contribution >= 4 is 5.69 Å². The van der Waals surface area contributed by atoms with E-state index >= 15 is 0 Å². The summed E-state index contributed by atoms with van der Waals surface area (Å²) in [5, 5.41) is 38.6. The van der Waals surface area contributed by atoms with Crippen LogP contribution in [0.1, 0.15) is 61.8 Å². The van der Waals surface area contributed by atoms with Crippen LogP contribution < -0.4 is 15.2 Å². The van der Waals surface area contributed by atoms with Crippen LogP contribution in [0.4, 0.5) is 5.69 Å². The summed E-state index contributed by atoms with van der Waals surface area (Å²) < 4.78 is 10.7. The number of fused-ring (bicyclic) bond motifs is 1. The van der Waals surface area contributed by atoms with E-state index in [9.17, 15) is 20.5 Å². The first-order valence-corrected chi connectivity index (χ1v) is 10.1. The number of nitro benzene ring substituents is 1. The standard InChI is InChI=1S/C21H25N5O5/c1-3-4-5-6-7-8-14-18-17(13(11-22)20(23)31-21(18)25-24-14)12-9-15(26(28)29)19(27)16(10-12)30-2/h9-10,17,27H,3-8,23H2,1-2H3,(H,24,25). The third-order valence-corrected chi connectivity index (χ3v) is 5.37. The van der Waals surface area contributed by atoms with Crippen LogP contribution in [0, 0.1) is 21.4 Å². The number of aromatic nitrogens is 2. The maximum Gasteiger partial charge on any atom is 0.314 e. The number of ether oxygens (including phenoxy) is 2. The fourth-order valence-electron chi connectivity index (χ4n) is 3.81. The summed E-state index contributed by atoms with van der Waals surface area (Å²) in [7, 11) is 1.30. The Labute approximate surface area is 179 Å². The number of nitrogens with two attached hydrogens (primary N) is 1. The molecule has 0 fully saturated rings.